The standard InChI is InChI=1S/C33H37NO4/c1-5-25(6-2)32(36)34(4)20-23-9-11-26(12-10-23)28-17-24(8-7-22(28)3)18-31(35)33(15-16-33)27-13-14-29-30(19-27)38-21-37-29/h7-14,17,19,25H,5-6,15-16,18,20-21H2,1-4H3. The van der Waals surface area contributed by atoms with Gasteiger partial charge in [-0.15, -0.1) is 0 Å². The van der Waals surface area contributed by atoms with Gasteiger partial charge >= 0.3 is 0 Å². The van der Waals surface area contributed by atoms with Gasteiger partial charge in [0.15, 0.2) is 11.5 Å². The molecule has 3 aromatic carbocycles. The third-order valence-corrected chi connectivity index (χ3v) is 8.27. The van der Waals surface area contributed by atoms with Crippen molar-refractivity contribution < 1.29 is 19.1 Å². The summed E-state index contributed by atoms with van der Waals surface area (Å²) < 4.78 is 11.0. The second kappa shape index (κ2) is 10.6. The molecule has 1 fully saturated rings. The first-order chi connectivity index (χ1) is 18.3. The van der Waals surface area contributed by atoms with E-state index in [2.05, 4.69) is 63.2 Å². The summed E-state index contributed by atoms with van der Waals surface area (Å²) >= 11 is 0. The van der Waals surface area contributed by atoms with Gasteiger partial charge in [0.05, 0.1) is 5.41 Å². The number of rotatable bonds is 10. The lowest BCUT2D eigenvalue weighted by Gasteiger charge is -2.22. The molecule has 0 saturated heterocycles. The number of ether oxygens (including phenoxy) is 2. The van der Waals surface area contributed by atoms with Gasteiger partial charge in [0.2, 0.25) is 12.7 Å². The highest BCUT2D eigenvalue weighted by Gasteiger charge is 2.50. The van der Waals surface area contributed by atoms with E-state index < -0.39 is 5.41 Å². The molecule has 5 nitrogen and oxygen atoms in total. The molecule has 3 aromatic rings. The largest absolute Gasteiger partial charge is 0.454 e. The van der Waals surface area contributed by atoms with Crippen LogP contribution in [-0.2, 0) is 28.0 Å². The molecule has 0 N–H and O–H groups in total. The zero-order valence-corrected chi connectivity index (χ0v) is 22.9. The molecule has 5 rings (SSSR count). The fraction of sp³-hybridized carbons (Fsp3) is 0.394. The molecule has 0 radical (unpaired) electrons. The highest BCUT2D eigenvalue weighted by atomic mass is 16.7. The first-order valence-corrected chi connectivity index (χ1v) is 13.7. The number of aryl methyl sites for hydroxylation is 1. The lowest BCUT2D eigenvalue weighted by Crippen LogP contribution is -2.32. The number of nitrogens with zero attached hydrogens (tertiary/aromatic N) is 1. The van der Waals surface area contributed by atoms with Crippen LogP contribution in [0.2, 0.25) is 0 Å². The minimum atomic E-state index is -0.411. The van der Waals surface area contributed by atoms with Gasteiger partial charge < -0.3 is 14.4 Å². The van der Waals surface area contributed by atoms with Crippen LogP contribution in [0.1, 0.15) is 61.8 Å². The number of ketones is 1. The topological polar surface area (TPSA) is 55.8 Å². The number of hydrogen-bond acceptors (Lipinski definition) is 4. The molecular weight excluding hydrogens is 474 g/mol. The monoisotopic (exact) mass is 511 g/mol. The first kappa shape index (κ1) is 26.0. The van der Waals surface area contributed by atoms with E-state index >= 15 is 0 Å². The van der Waals surface area contributed by atoms with E-state index in [4.69, 9.17) is 9.47 Å². The van der Waals surface area contributed by atoms with Gasteiger partial charge in [-0.05, 0) is 78.1 Å². The van der Waals surface area contributed by atoms with Gasteiger partial charge in [-0.3, -0.25) is 9.59 Å². The summed E-state index contributed by atoms with van der Waals surface area (Å²) in [5.74, 6) is 2.03. The SMILES string of the molecule is CCC(CC)C(=O)N(C)Cc1ccc(-c2cc(CC(=O)C3(c4ccc5c(c4)OCO5)CC3)ccc2C)cc1. The van der Waals surface area contributed by atoms with Crippen molar-refractivity contribution in [2.24, 2.45) is 5.92 Å². The molecule has 0 bridgehead atoms. The number of hydrogen-bond donors (Lipinski definition) is 0. The van der Waals surface area contributed by atoms with Crippen LogP contribution >= 0.6 is 0 Å². The third-order valence-electron chi connectivity index (χ3n) is 8.27. The normalized spacial score (nSPS) is 15.0. The van der Waals surface area contributed by atoms with Crippen LogP contribution in [-0.4, -0.2) is 30.4 Å². The maximum Gasteiger partial charge on any atom is 0.231 e. The predicted molar refractivity (Wildman–Crippen MR) is 149 cm³/mol. The molecule has 0 atom stereocenters. The Morgan fingerprint density at radius 2 is 1.58 bits per heavy atom. The molecule has 1 amide bonds. The molecule has 0 aromatic heterocycles. The van der Waals surface area contributed by atoms with E-state index in [1.807, 2.05) is 30.1 Å². The second-order valence-electron chi connectivity index (χ2n) is 10.8. The van der Waals surface area contributed by atoms with Crippen LogP contribution in [0.5, 0.6) is 11.5 Å². The van der Waals surface area contributed by atoms with Crippen molar-refractivity contribution in [3.8, 4) is 22.6 Å². The summed E-state index contributed by atoms with van der Waals surface area (Å²) in [6.45, 7) is 7.08. The van der Waals surface area contributed by atoms with Crippen molar-refractivity contribution in [2.45, 2.75) is 64.8 Å². The molecule has 2 aliphatic rings. The van der Waals surface area contributed by atoms with E-state index in [0.717, 1.165) is 65.0 Å². The van der Waals surface area contributed by atoms with Gasteiger partial charge in [-0.25, -0.2) is 0 Å². The first-order valence-electron chi connectivity index (χ1n) is 13.7. The fourth-order valence-corrected chi connectivity index (χ4v) is 5.58. The third kappa shape index (κ3) is 5.07. The van der Waals surface area contributed by atoms with Crippen molar-refractivity contribution in [1.82, 2.24) is 4.90 Å². The highest BCUT2D eigenvalue weighted by molar-refractivity contribution is 5.95. The van der Waals surface area contributed by atoms with Crippen LogP contribution in [0.3, 0.4) is 0 Å². The van der Waals surface area contributed by atoms with Crippen LogP contribution in [0.4, 0.5) is 0 Å². The van der Waals surface area contributed by atoms with Gasteiger partial charge in [-0.2, -0.15) is 0 Å². The van der Waals surface area contributed by atoms with Gasteiger partial charge in [0, 0.05) is 25.9 Å². The molecule has 1 saturated carbocycles. The Balaban J connectivity index is 1.29. The predicted octanol–water partition coefficient (Wildman–Crippen LogP) is 6.63. The Bertz CT molecular complexity index is 1340. The Kier molecular flexibility index (Phi) is 7.29. The molecule has 198 valence electrons. The zero-order valence-electron chi connectivity index (χ0n) is 22.9. The van der Waals surface area contributed by atoms with E-state index in [1.165, 1.54) is 5.56 Å². The maximum absolute atomic E-state index is 13.5. The summed E-state index contributed by atoms with van der Waals surface area (Å²) in [5, 5.41) is 0. The van der Waals surface area contributed by atoms with Crippen molar-refractivity contribution >= 4 is 11.7 Å². The van der Waals surface area contributed by atoms with E-state index in [9.17, 15) is 9.59 Å². The summed E-state index contributed by atoms with van der Waals surface area (Å²) in [4.78, 5) is 28.0. The number of Topliss-reactive ketones (excluding diaryl/α,β-unsaturated/α-hetero) is 1. The number of carbonyl (C=O) groups is 2. The minimum absolute atomic E-state index is 0.0900. The van der Waals surface area contributed by atoms with Crippen molar-refractivity contribution in [3.05, 3.63) is 82.9 Å². The fourth-order valence-electron chi connectivity index (χ4n) is 5.58. The summed E-state index contributed by atoms with van der Waals surface area (Å²) in [6.07, 6.45) is 3.89. The molecule has 0 spiro atoms. The summed E-state index contributed by atoms with van der Waals surface area (Å²) in [6, 6.07) is 20.7. The van der Waals surface area contributed by atoms with Gasteiger partial charge in [-0.1, -0.05) is 62.4 Å². The molecule has 1 heterocycles. The van der Waals surface area contributed by atoms with E-state index in [0.29, 0.717) is 13.0 Å². The highest BCUT2D eigenvalue weighted by Crippen LogP contribution is 2.51. The van der Waals surface area contributed by atoms with E-state index in [1.54, 1.807) is 0 Å². The lowest BCUT2D eigenvalue weighted by atomic mass is 9.87. The average Bonchev–Trinajstić information content (AvgIpc) is 3.61. The molecule has 1 aliphatic carbocycles. The van der Waals surface area contributed by atoms with Crippen molar-refractivity contribution in [2.75, 3.05) is 13.8 Å². The lowest BCUT2D eigenvalue weighted by molar-refractivity contribution is -0.135. The summed E-state index contributed by atoms with van der Waals surface area (Å²) in [7, 11) is 1.88. The number of amides is 1. The second-order valence-corrected chi connectivity index (χ2v) is 10.8. The van der Waals surface area contributed by atoms with Crippen LogP contribution < -0.4 is 9.47 Å². The van der Waals surface area contributed by atoms with Gasteiger partial charge in [0.1, 0.15) is 5.78 Å². The molecule has 1 aliphatic heterocycles. The smallest absolute Gasteiger partial charge is 0.231 e. The molecule has 0 unspecified atom stereocenters. The Morgan fingerprint density at radius 3 is 2.26 bits per heavy atom. The van der Waals surface area contributed by atoms with Crippen LogP contribution in [0.15, 0.2) is 60.7 Å². The summed E-state index contributed by atoms with van der Waals surface area (Å²) in [5.41, 5.74) is 6.18. The zero-order chi connectivity index (χ0) is 26.9. The van der Waals surface area contributed by atoms with Crippen molar-refractivity contribution in [3.63, 3.8) is 0 Å². The molecular formula is C33H37NO4. The van der Waals surface area contributed by atoms with Gasteiger partial charge in [0.25, 0.3) is 0 Å². The number of fused-ring (bicyclic) bond motifs is 1. The Hall–Kier alpha value is -3.60. The number of carbonyl (C=O) groups excluding carboxylic acids is 2. The maximum atomic E-state index is 13.5. The molecule has 5 heteroatoms. The Labute approximate surface area is 225 Å². The van der Waals surface area contributed by atoms with Crippen LogP contribution in [0.25, 0.3) is 11.1 Å². The van der Waals surface area contributed by atoms with Crippen LogP contribution in [0, 0.1) is 12.8 Å². The minimum Gasteiger partial charge on any atom is -0.454 e. The van der Waals surface area contributed by atoms with Crippen molar-refractivity contribution in [1.29, 1.82) is 0 Å². The average molecular weight is 512 g/mol. The van der Waals surface area contributed by atoms with E-state index in [-0.39, 0.29) is 24.4 Å². The Morgan fingerprint density at radius 1 is 0.895 bits per heavy atom. The molecule has 38 heavy (non-hydrogen) atoms. The number of benzene rings is 3. The quantitative estimate of drug-likeness (QED) is 0.307.